The SMILES string of the molecule is CCCCCCCC1(CCCCCC/C=C/[C@H](O)C(CO)(CCO)OC(C)(C)O)OCCO1. The smallest absolute Gasteiger partial charge is 0.168 e. The largest absolute Gasteiger partial charge is 0.396 e. The number of ether oxygens (including phenoxy) is 3. The van der Waals surface area contributed by atoms with Gasteiger partial charge < -0.3 is 34.6 Å². The Hall–Kier alpha value is -0.540. The standard InChI is InChI=1S/C26H50O7/c1-4-5-6-10-13-16-26(31-20-21-32-26)17-14-11-8-7-9-12-15-23(29)25(22-28,18-19-27)33-24(2,3)30/h12,15,23,27-30H,4-11,13-14,16-22H2,1-3H3/b15-12+/t23-,25?/m0/s1. The molecule has 0 radical (unpaired) electrons. The molecule has 0 bridgehead atoms. The molecule has 0 aromatic heterocycles. The first-order chi connectivity index (χ1) is 15.7. The molecule has 1 saturated heterocycles. The van der Waals surface area contributed by atoms with Crippen molar-refractivity contribution >= 4 is 0 Å². The molecule has 33 heavy (non-hydrogen) atoms. The van der Waals surface area contributed by atoms with Crippen molar-refractivity contribution in [3.63, 3.8) is 0 Å². The molecule has 1 heterocycles. The Morgan fingerprint density at radius 3 is 2.03 bits per heavy atom. The highest BCUT2D eigenvalue weighted by atomic mass is 16.7. The molecule has 0 aromatic carbocycles. The van der Waals surface area contributed by atoms with Gasteiger partial charge in [-0.15, -0.1) is 0 Å². The number of rotatable bonds is 20. The van der Waals surface area contributed by atoms with Crippen LogP contribution in [0.2, 0.25) is 0 Å². The average molecular weight is 475 g/mol. The van der Waals surface area contributed by atoms with Gasteiger partial charge in [0.1, 0.15) is 11.7 Å². The van der Waals surface area contributed by atoms with Crippen LogP contribution in [0.5, 0.6) is 0 Å². The molecule has 1 aliphatic heterocycles. The average Bonchev–Trinajstić information content (AvgIpc) is 3.22. The van der Waals surface area contributed by atoms with Gasteiger partial charge in [0.15, 0.2) is 11.6 Å². The van der Waals surface area contributed by atoms with Crippen LogP contribution < -0.4 is 0 Å². The van der Waals surface area contributed by atoms with E-state index in [1.807, 2.05) is 6.08 Å². The Labute approximate surface area is 201 Å². The molecule has 1 unspecified atom stereocenters. The van der Waals surface area contributed by atoms with Crippen molar-refractivity contribution < 1.29 is 34.6 Å². The van der Waals surface area contributed by atoms with Crippen LogP contribution >= 0.6 is 0 Å². The normalized spacial score (nSPS) is 19.2. The highest BCUT2D eigenvalue weighted by Crippen LogP contribution is 2.32. The lowest BCUT2D eigenvalue weighted by Crippen LogP contribution is -2.52. The first-order valence-electron chi connectivity index (χ1n) is 13.0. The van der Waals surface area contributed by atoms with Gasteiger partial charge in [-0.1, -0.05) is 57.6 Å². The Morgan fingerprint density at radius 2 is 1.52 bits per heavy atom. The topological polar surface area (TPSA) is 109 Å². The van der Waals surface area contributed by atoms with E-state index in [2.05, 4.69) is 6.92 Å². The molecule has 0 saturated carbocycles. The molecule has 4 N–H and O–H groups in total. The minimum atomic E-state index is -1.54. The summed E-state index contributed by atoms with van der Waals surface area (Å²) in [6, 6.07) is 0. The van der Waals surface area contributed by atoms with Crippen molar-refractivity contribution in [2.24, 2.45) is 0 Å². The molecule has 196 valence electrons. The minimum Gasteiger partial charge on any atom is -0.396 e. The maximum atomic E-state index is 10.5. The fraction of sp³-hybridized carbons (Fsp3) is 0.923. The number of hydrogen-bond acceptors (Lipinski definition) is 7. The van der Waals surface area contributed by atoms with Crippen LogP contribution in [0.1, 0.15) is 104 Å². The van der Waals surface area contributed by atoms with E-state index in [0.29, 0.717) is 13.2 Å². The maximum absolute atomic E-state index is 10.5. The van der Waals surface area contributed by atoms with Crippen LogP contribution in [0, 0.1) is 0 Å². The van der Waals surface area contributed by atoms with Crippen molar-refractivity contribution in [1.82, 2.24) is 0 Å². The molecule has 1 rings (SSSR count). The summed E-state index contributed by atoms with van der Waals surface area (Å²) in [5, 5.41) is 39.6. The van der Waals surface area contributed by atoms with Crippen LogP contribution in [0.4, 0.5) is 0 Å². The summed E-state index contributed by atoms with van der Waals surface area (Å²) in [6.45, 7) is 5.72. The van der Waals surface area contributed by atoms with Gasteiger partial charge >= 0.3 is 0 Å². The van der Waals surface area contributed by atoms with Gasteiger partial charge in [0.25, 0.3) is 0 Å². The highest BCUT2D eigenvalue weighted by molar-refractivity contribution is 5.02. The van der Waals surface area contributed by atoms with Crippen LogP contribution in [0.15, 0.2) is 12.2 Å². The molecule has 7 heteroatoms. The first-order valence-corrected chi connectivity index (χ1v) is 13.0. The second-order valence-electron chi connectivity index (χ2n) is 9.84. The van der Waals surface area contributed by atoms with Gasteiger partial charge in [-0.2, -0.15) is 0 Å². The van der Waals surface area contributed by atoms with E-state index in [1.165, 1.54) is 39.5 Å². The fourth-order valence-electron chi connectivity index (χ4n) is 4.47. The summed E-state index contributed by atoms with van der Waals surface area (Å²) >= 11 is 0. The van der Waals surface area contributed by atoms with E-state index in [9.17, 15) is 20.4 Å². The fourth-order valence-corrected chi connectivity index (χ4v) is 4.47. The predicted octanol–water partition coefficient (Wildman–Crippen LogP) is 4.21. The molecule has 1 fully saturated rings. The summed E-state index contributed by atoms with van der Waals surface area (Å²) in [4.78, 5) is 0. The Balaban J connectivity index is 2.32. The van der Waals surface area contributed by atoms with Crippen molar-refractivity contribution in [3.05, 3.63) is 12.2 Å². The van der Waals surface area contributed by atoms with Crippen molar-refractivity contribution in [3.8, 4) is 0 Å². The van der Waals surface area contributed by atoms with Gasteiger partial charge in [0.05, 0.1) is 19.8 Å². The number of hydrogen-bond donors (Lipinski definition) is 4. The zero-order chi connectivity index (χ0) is 24.6. The van der Waals surface area contributed by atoms with Gasteiger partial charge in [-0.25, -0.2) is 0 Å². The second kappa shape index (κ2) is 16.2. The van der Waals surface area contributed by atoms with E-state index in [4.69, 9.17) is 14.2 Å². The molecular formula is C26H50O7. The zero-order valence-electron chi connectivity index (χ0n) is 21.3. The van der Waals surface area contributed by atoms with Crippen molar-refractivity contribution in [1.29, 1.82) is 0 Å². The Bertz CT molecular complexity index is 511. The number of aliphatic hydroxyl groups excluding tert-OH is 3. The summed E-state index contributed by atoms with van der Waals surface area (Å²) in [5.74, 6) is -1.90. The molecule has 7 nitrogen and oxygen atoms in total. The van der Waals surface area contributed by atoms with Gasteiger partial charge in [-0.05, 0) is 39.5 Å². The van der Waals surface area contributed by atoms with E-state index in [1.54, 1.807) is 6.08 Å². The third-order valence-electron chi connectivity index (χ3n) is 6.27. The monoisotopic (exact) mass is 474 g/mol. The van der Waals surface area contributed by atoms with E-state index in [0.717, 1.165) is 51.4 Å². The van der Waals surface area contributed by atoms with Crippen LogP contribution in [-0.2, 0) is 14.2 Å². The minimum absolute atomic E-state index is 0.0174. The van der Waals surface area contributed by atoms with E-state index in [-0.39, 0.29) is 18.8 Å². The second-order valence-corrected chi connectivity index (χ2v) is 9.84. The van der Waals surface area contributed by atoms with E-state index < -0.39 is 24.1 Å². The summed E-state index contributed by atoms with van der Waals surface area (Å²) < 4.78 is 17.5. The highest BCUT2D eigenvalue weighted by Gasteiger charge is 2.41. The van der Waals surface area contributed by atoms with Gasteiger partial charge in [0.2, 0.25) is 0 Å². The van der Waals surface area contributed by atoms with Crippen LogP contribution in [-0.4, -0.2) is 70.1 Å². The summed E-state index contributed by atoms with van der Waals surface area (Å²) in [6.07, 6.45) is 15.6. The quantitative estimate of drug-likeness (QED) is 0.119. The van der Waals surface area contributed by atoms with Gasteiger partial charge in [-0.3, -0.25) is 0 Å². The Kier molecular flexibility index (Phi) is 15.0. The lowest BCUT2D eigenvalue weighted by Gasteiger charge is -2.39. The van der Waals surface area contributed by atoms with Crippen LogP contribution in [0.3, 0.4) is 0 Å². The molecule has 0 amide bonds. The Morgan fingerprint density at radius 1 is 0.939 bits per heavy atom. The van der Waals surface area contributed by atoms with Crippen molar-refractivity contribution in [2.45, 2.75) is 128 Å². The lowest BCUT2D eigenvalue weighted by atomic mass is 9.92. The van der Waals surface area contributed by atoms with Gasteiger partial charge in [0, 0.05) is 25.9 Å². The van der Waals surface area contributed by atoms with E-state index >= 15 is 0 Å². The first kappa shape index (κ1) is 30.5. The molecule has 2 atom stereocenters. The third-order valence-corrected chi connectivity index (χ3v) is 6.27. The van der Waals surface area contributed by atoms with Crippen LogP contribution in [0.25, 0.3) is 0 Å². The molecule has 0 spiro atoms. The number of aliphatic hydroxyl groups is 4. The number of allylic oxidation sites excluding steroid dienone is 1. The molecular weight excluding hydrogens is 424 g/mol. The van der Waals surface area contributed by atoms with Crippen molar-refractivity contribution in [2.75, 3.05) is 26.4 Å². The summed E-state index contributed by atoms with van der Waals surface area (Å²) in [5.41, 5.74) is -1.43. The predicted molar refractivity (Wildman–Crippen MR) is 130 cm³/mol. The summed E-state index contributed by atoms with van der Waals surface area (Å²) in [7, 11) is 0. The lowest BCUT2D eigenvalue weighted by molar-refractivity contribution is -0.277. The molecule has 0 aromatic rings. The zero-order valence-corrected chi connectivity index (χ0v) is 21.3. The molecule has 0 aliphatic carbocycles. The maximum Gasteiger partial charge on any atom is 0.168 e. The molecule has 1 aliphatic rings. The third kappa shape index (κ3) is 12.1. The number of unbranched alkanes of at least 4 members (excludes halogenated alkanes) is 8.